The molecule has 23 heavy (non-hydrogen) atoms. The average Bonchev–Trinajstić information content (AvgIpc) is 3.39. The highest BCUT2D eigenvalue weighted by molar-refractivity contribution is 5.95. The van der Waals surface area contributed by atoms with E-state index in [0.29, 0.717) is 11.6 Å². The van der Waals surface area contributed by atoms with Crippen LogP contribution in [0.1, 0.15) is 23.3 Å². The first-order chi connectivity index (χ1) is 11.1. The van der Waals surface area contributed by atoms with Gasteiger partial charge in [-0.05, 0) is 36.6 Å². The Morgan fingerprint density at radius 3 is 2.70 bits per heavy atom. The molecule has 2 amide bonds. The molecule has 7 heteroatoms. The number of ether oxygens (including phenoxy) is 1. The van der Waals surface area contributed by atoms with E-state index < -0.39 is 5.91 Å². The van der Waals surface area contributed by atoms with Gasteiger partial charge in [-0.25, -0.2) is 9.97 Å². The molecule has 3 N–H and O–H groups in total. The summed E-state index contributed by atoms with van der Waals surface area (Å²) in [5, 5.41) is 2.80. The van der Waals surface area contributed by atoms with Gasteiger partial charge >= 0.3 is 0 Å². The van der Waals surface area contributed by atoms with Crippen LogP contribution in [0.5, 0.6) is 5.75 Å². The van der Waals surface area contributed by atoms with Crippen LogP contribution in [0.3, 0.4) is 0 Å². The van der Waals surface area contributed by atoms with Gasteiger partial charge in [0.05, 0.1) is 7.11 Å². The smallest absolute Gasteiger partial charge is 0.271 e. The molecule has 118 valence electrons. The summed E-state index contributed by atoms with van der Waals surface area (Å²) in [7, 11) is 1.45. The number of amides is 2. The summed E-state index contributed by atoms with van der Waals surface area (Å²) in [6, 6.07) is 5.21. The van der Waals surface area contributed by atoms with E-state index in [9.17, 15) is 9.59 Å². The lowest BCUT2D eigenvalue weighted by Gasteiger charge is -2.09. The fourth-order valence-electron chi connectivity index (χ4n) is 2.20. The number of carbonyl (C=O) groups excluding carboxylic acids is 2. The fourth-order valence-corrected chi connectivity index (χ4v) is 2.20. The standard InChI is InChI=1S/C16H16N4O3/c1-23-12-6-11(8-19-14(12)15(17)21)10-4-5-18-13(7-10)20-16(22)9-2-3-9/h4-9H,2-3H2,1H3,(H2,17,21)(H,18,20,22). The van der Waals surface area contributed by atoms with Crippen LogP contribution >= 0.6 is 0 Å². The molecule has 1 aliphatic carbocycles. The Bertz CT molecular complexity index is 772. The molecule has 1 aliphatic rings. The molecule has 0 bridgehead atoms. The molecule has 1 fully saturated rings. The van der Waals surface area contributed by atoms with Crippen LogP contribution < -0.4 is 15.8 Å². The van der Waals surface area contributed by atoms with E-state index in [1.54, 1.807) is 24.4 Å². The summed E-state index contributed by atoms with van der Waals surface area (Å²) in [6.45, 7) is 0. The van der Waals surface area contributed by atoms with E-state index in [0.717, 1.165) is 24.0 Å². The number of hydrogen-bond donors (Lipinski definition) is 2. The molecule has 0 aromatic carbocycles. The second-order valence-corrected chi connectivity index (χ2v) is 5.33. The number of nitrogens with one attached hydrogen (secondary N) is 1. The van der Waals surface area contributed by atoms with E-state index in [2.05, 4.69) is 15.3 Å². The van der Waals surface area contributed by atoms with E-state index >= 15 is 0 Å². The zero-order chi connectivity index (χ0) is 16.4. The SMILES string of the molecule is COc1cc(-c2ccnc(NC(=O)C3CC3)c2)cnc1C(N)=O. The number of methoxy groups -OCH3 is 1. The van der Waals surface area contributed by atoms with Gasteiger partial charge in [0.1, 0.15) is 5.82 Å². The number of rotatable bonds is 5. The van der Waals surface area contributed by atoms with Crippen LogP contribution in [-0.2, 0) is 4.79 Å². The lowest BCUT2D eigenvalue weighted by atomic mass is 10.1. The largest absolute Gasteiger partial charge is 0.494 e. The van der Waals surface area contributed by atoms with Gasteiger partial charge in [-0.3, -0.25) is 9.59 Å². The summed E-state index contributed by atoms with van der Waals surface area (Å²) in [5.41, 5.74) is 6.86. The van der Waals surface area contributed by atoms with Crippen LogP contribution in [0.2, 0.25) is 0 Å². The summed E-state index contributed by atoms with van der Waals surface area (Å²) >= 11 is 0. The highest BCUT2D eigenvalue weighted by Crippen LogP contribution is 2.31. The Morgan fingerprint density at radius 2 is 2.04 bits per heavy atom. The fraction of sp³-hybridized carbons (Fsp3) is 0.250. The number of nitrogens with zero attached hydrogens (tertiary/aromatic N) is 2. The first kappa shape index (κ1) is 15.0. The van der Waals surface area contributed by atoms with Gasteiger partial charge in [0, 0.05) is 23.9 Å². The van der Waals surface area contributed by atoms with Gasteiger partial charge in [0.25, 0.3) is 5.91 Å². The van der Waals surface area contributed by atoms with Crippen molar-refractivity contribution in [3.63, 3.8) is 0 Å². The van der Waals surface area contributed by atoms with Crippen LogP contribution in [0.15, 0.2) is 30.6 Å². The maximum Gasteiger partial charge on any atom is 0.271 e. The zero-order valence-electron chi connectivity index (χ0n) is 12.6. The molecule has 0 radical (unpaired) electrons. The average molecular weight is 312 g/mol. The number of aromatic nitrogens is 2. The third-order valence-corrected chi connectivity index (χ3v) is 3.60. The first-order valence-corrected chi connectivity index (χ1v) is 7.19. The molecular weight excluding hydrogens is 296 g/mol. The van der Waals surface area contributed by atoms with Crippen molar-refractivity contribution in [2.75, 3.05) is 12.4 Å². The van der Waals surface area contributed by atoms with Crippen molar-refractivity contribution in [2.24, 2.45) is 11.7 Å². The molecular formula is C16H16N4O3. The second kappa shape index (κ2) is 6.04. The number of anilines is 1. The Morgan fingerprint density at radius 1 is 1.26 bits per heavy atom. The molecule has 3 rings (SSSR count). The number of hydrogen-bond acceptors (Lipinski definition) is 5. The third kappa shape index (κ3) is 3.28. The summed E-state index contributed by atoms with van der Waals surface area (Å²) in [4.78, 5) is 31.3. The lowest BCUT2D eigenvalue weighted by Crippen LogP contribution is -2.15. The van der Waals surface area contributed by atoms with Gasteiger partial charge in [0.2, 0.25) is 5.91 Å². The Hall–Kier alpha value is -2.96. The monoisotopic (exact) mass is 312 g/mol. The minimum Gasteiger partial charge on any atom is -0.494 e. The second-order valence-electron chi connectivity index (χ2n) is 5.33. The number of primary amides is 1. The number of nitrogens with two attached hydrogens (primary N) is 1. The minimum absolute atomic E-state index is 0.00516. The number of carbonyl (C=O) groups is 2. The quantitative estimate of drug-likeness (QED) is 0.872. The molecule has 7 nitrogen and oxygen atoms in total. The minimum atomic E-state index is -0.652. The Balaban J connectivity index is 1.89. The van der Waals surface area contributed by atoms with Crippen molar-refractivity contribution < 1.29 is 14.3 Å². The van der Waals surface area contributed by atoms with Gasteiger partial charge in [-0.1, -0.05) is 0 Å². The summed E-state index contributed by atoms with van der Waals surface area (Å²) in [5.74, 6) is 0.236. The predicted molar refractivity (Wildman–Crippen MR) is 83.9 cm³/mol. The van der Waals surface area contributed by atoms with Crippen molar-refractivity contribution >= 4 is 17.6 Å². The highest BCUT2D eigenvalue weighted by Gasteiger charge is 2.29. The highest BCUT2D eigenvalue weighted by atomic mass is 16.5. The molecule has 0 aliphatic heterocycles. The van der Waals surface area contributed by atoms with Gasteiger partial charge in [-0.2, -0.15) is 0 Å². The van der Waals surface area contributed by atoms with Crippen molar-refractivity contribution in [3.8, 4) is 16.9 Å². The van der Waals surface area contributed by atoms with Crippen LogP contribution in [0, 0.1) is 5.92 Å². The molecule has 0 spiro atoms. The molecule has 2 heterocycles. The molecule has 0 saturated heterocycles. The van der Waals surface area contributed by atoms with Gasteiger partial charge in [0.15, 0.2) is 11.4 Å². The summed E-state index contributed by atoms with van der Waals surface area (Å²) < 4.78 is 5.15. The van der Waals surface area contributed by atoms with Crippen molar-refractivity contribution in [3.05, 3.63) is 36.3 Å². The van der Waals surface area contributed by atoms with Crippen LogP contribution in [-0.4, -0.2) is 28.9 Å². The topological polar surface area (TPSA) is 107 Å². The summed E-state index contributed by atoms with van der Waals surface area (Å²) in [6.07, 6.45) is 5.00. The van der Waals surface area contributed by atoms with Gasteiger partial charge < -0.3 is 15.8 Å². The maximum atomic E-state index is 11.8. The molecule has 2 aromatic rings. The van der Waals surface area contributed by atoms with Crippen molar-refractivity contribution in [1.29, 1.82) is 0 Å². The van der Waals surface area contributed by atoms with E-state index in [4.69, 9.17) is 10.5 Å². The number of pyridine rings is 2. The van der Waals surface area contributed by atoms with Crippen molar-refractivity contribution in [1.82, 2.24) is 9.97 Å². The molecule has 1 saturated carbocycles. The van der Waals surface area contributed by atoms with Crippen molar-refractivity contribution in [2.45, 2.75) is 12.8 Å². The van der Waals surface area contributed by atoms with E-state index in [-0.39, 0.29) is 17.5 Å². The normalized spacial score (nSPS) is 13.4. The third-order valence-electron chi connectivity index (χ3n) is 3.60. The Kier molecular flexibility index (Phi) is 3.92. The predicted octanol–water partition coefficient (Wildman–Crippen LogP) is 1.60. The lowest BCUT2D eigenvalue weighted by molar-refractivity contribution is -0.117. The van der Waals surface area contributed by atoms with E-state index in [1.807, 2.05) is 0 Å². The molecule has 0 atom stereocenters. The molecule has 0 unspecified atom stereocenters. The van der Waals surface area contributed by atoms with Crippen LogP contribution in [0.25, 0.3) is 11.1 Å². The van der Waals surface area contributed by atoms with Gasteiger partial charge in [-0.15, -0.1) is 0 Å². The van der Waals surface area contributed by atoms with Crippen LogP contribution in [0.4, 0.5) is 5.82 Å². The zero-order valence-corrected chi connectivity index (χ0v) is 12.6. The first-order valence-electron chi connectivity index (χ1n) is 7.19. The maximum absolute atomic E-state index is 11.8. The van der Waals surface area contributed by atoms with E-state index in [1.165, 1.54) is 13.3 Å². The Labute approximate surface area is 132 Å². The molecule has 2 aromatic heterocycles.